The van der Waals surface area contributed by atoms with E-state index in [0.29, 0.717) is 17.5 Å². The Labute approximate surface area is 120 Å². The van der Waals surface area contributed by atoms with Crippen LogP contribution in [0.5, 0.6) is 5.75 Å². The molecule has 0 radical (unpaired) electrons. The van der Waals surface area contributed by atoms with Crippen LogP contribution in [0.15, 0.2) is 12.1 Å². The van der Waals surface area contributed by atoms with Gasteiger partial charge in [-0.05, 0) is 36.6 Å². The van der Waals surface area contributed by atoms with Gasteiger partial charge in [-0.1, -0.05) is 6.92 Å². The Kier molecular flexibility index (Phi) is 5.59. The van der Waals surface area contributed by atoms with E-state index in [9.17, 15) is 18.0 Å². The lowest BCUT2D eigenvalue weighted by atomic mass is 9.99. The van der Waals surface area contributed by atoms with E-state index in [-0.39, 0.29) is 18.6 Å². The fourth-order valence-corrected chi connectivity index (χ4v) is 1.82. The summed E-state index contributed by atoms with van der Waals surface area (Å²) in [6, 6.07) is 4.03. The maximum Gasteiger partial charge on any atom is 0.573 e. The number of benzene rings is 1. The Morgan fingerprint density at radius 3 is 2.43 bits per heavy atom. The summed E-state index contributed by atoms with van der Waals surface area (Å²) in [5.41, 5.74) is 0.736. The maximum absolute atomic E-state index is 12.3. The molecule has 0 atom stereocenters. The number of carbonyl (C=O) groups excluding carboxylic acids is 1. The van der Waals surface area contributed by atoms with Gasteiger partial charge in [-0.2, -0.15) is 5.26 Å². The fourth-order valence-electron chi connectivity index (χ4n) is 1.82. The van der Waals surface area contributed by atoms with E-state index >= 15 is 0 Å². The maximum atomic E-state index is 12.3. The highest BCUT2D eigenvalue weighted by Gasteiger charge is 2.32. The standard InChI is InChI=1S/C14H14F3NO3/c1-3-9-5-11(8-18)12(21-14(15,16)17)6-10(9)7-13(19)20-4-2/h5-6H,3-4,7H2,1-2H3. The Morgan fingerprint density at radius 2 is 1.95 bits per heavy atom. The zero-order valence-electron chi connectivity index (χ0n) is 11.6. The summed E-state index contributed by atoms with van der Waals surface area (Å²) in [5, 5.41) is 8.90. The van der Waals surface area contributed by atoms with Crippen LogP contribution in [0.1, 0.15) is 30.5 Å². The van der Waals surface area contributed by atoms with Crippen molar-refractivity contribution < 1.29 is 27.4 Å². The number of halogens is 3. The molecular formula is C14H14F3NO3. The number of rotatable bonds is 5. The van der Waals surface area contributed by atoms with Gasteiger partial charge in [0.15, 0.2) is 0 Å². The lowest BCUT2D eigenvalue weighted by Gasteiger charge is -2.14. The summed E-state index contributed by atoms with van der Waals surface area (Å²) in [5.74, 6) is -1.16. The third-order valence-corrected chi connectivity index (χ3v) is 2.67. The number of aryl methyl sites for hydroxylation is 1. The summed E-state index contributed by atoms with van der Waals surface area (Å²) < 4.78 is 45.6. The zero-order chi connectivity index (χ0) is 16.0. The first-order chi connectivity index (χ1) is 9.80. The molecule has 0 unspecified atom stereocenters. The second-order valence-electron chi connectivity index (χ2n) is 4.11. The van der Waals surface area contributed by atoms with Gasteiger partial charge < -0.3 is 9.47 Å². The summed E-state index contributed by atoms with van der Waals surface area (Å²) >= 11 is 0. The number of nitrogens with zero attached hydrogens (tertiary/aromatic N) is 1. The summed E-state index contributed by atoms with van der Waals surface area (Å²) in [7, 11) is 0. The number of hydrogen-bond donors (Lipinski definition) is 0. The van der Waals surface area contributed by atoms with Crippen LogP contribution in [0.4, 0.5) is 13.2 Å². The average molecular weight is 301 g/mol. The van der Waals surface area contributed by atoms with Crippen LogP contribution in [0.2, 0.25) is 0 Å². The van der Waals surface area contributed by atoms with Crippen LogP contribution in [0.3, 0.4) is 0 Å². The smallest absolute Gasteiger partial charge is 0.466 e. The predicted molar refractivity (Wildman–Crippen MR) is 67.6 cm³/mol. The Balaban J connectivity index is 3.20. The number of ether oxygens (including phenoxy) is 2. The molecule has 7 heteroatoms. The minimum absolute atomic E-state index is 0.170. The van der Waals surface area contributed by atoms with E-state index in [4.69, 9.17) is 10.00 Å². The highest BCUT2D eigenvalue weighted by atomic mass is 19.4. The minimum atomic E-state index is -4.90. The molecule has 114 valence electrons. The molecule has 0 aromatic heterocycles. The van der Waals surface area contributed by atoms with Crippen LogP contribution in [0, 0.1) is 11.3 Å². The van der Waals surface area contributed by atoms with Crippen LogP contribution in [0.25, 0.3) is 0 Å². The Morgan fingerprint density at radius 1 is 1.29 bits per heavy atom. The lowest BCUT2D eigenvalue weighted by molar-refractivity contribution is -0.274. The molecule has 0 spiro atoms. The molecule has 0 aliphatic heterocycles. The molecule has 0 aliphatic carbocycles. The number of hydrogen-bond acceptors (Lipinski definition) is 4. The molecule has 0 heterocycles. The minimum Gasteiger partial charge on any atom is -0.466 e. The molecule has 0 bridgehead atoms. The van der Waals surface area contributed by atoms with Gasteiger partial charge in [0.05, 0.1) is 18.6 Å². The number of carbonyl (C=O) groups is 1. The molecule has 0 saturated heterocycles. The van der Waals surface area contributed by atoms with Crippen molar-refractivity contribution in [2.45, 2.75) is 33.1 Å². The fraction of sp³-hybridized carbons (Fsp3) is 0.429. The van der Waals surface area contributed by atoms with Gasteiger partial charge in [0, 0.05) is 0 Å². The number of nitriles is 1. The Bertz CT molecular complexity index is 562. The molecule has 0 amide bonds. The number of alkyl halides is 3. The van der Waals surface area contributed by atoms with E-state index < -0.39 is 18.1 Å². The molecule has 1 aromatic carbocycles. The van der Waals surface area contributed by atoms with Crippen molar-refractivity contribution in [1.29, 1.82) is 5.26 Å². The van der Waals surface area contributed by atoms with Gasteiger partial charge >= 0.3 is 12.3 Å². The summed E-state index contributed by atoms with van der Waals surface area (Å²) in [6.07, 6.45) is -4.60. The first-order valence-electron chi connectivity index (χ1n) is 6.28. The molecule has 21 heavy (non-hydrogen) atoms. The monoisotopic (exact) mass is 301 g/mol. The second kappa shape index (κ2) is 6.97. The van der Waals surface area contributed by atoms with Crippen molar-refractivity contribution >= 4 is 5.97 Å². The van der Waals surface area contributed by atoms with E-state index in [1.807, 2.05) is 0 Å². The summed E-state index contributed by atoms with van der Waals surface area (Å²) in [4.78, 5) is 11.5. The molecule has 1 rings (SSSR count). The highest BCUT2D eigenvalue weighted by molar-refractivity contribution is 5.73. The average Bonchev–Trinajstić information content (AvgIpc) is 2.37. The highest BCUT2D eigenvalue weighted by Crippen LogP contribution is 2.29. The molecule has 0 saturated carbocycles. The first-order valence-corrected chi connectivity index (χ1v) is 6.28. The van der Waals surface area contributed by atoms with Crippen molar-refractivity contribution in [3.8, 4) is 11.8 Å². The molecule has 4 nitrogen and oxygen atoms in total. The first kappa shape index (κ1) is 16.8. The number of esters is 1. The largest absolute Gasteiger partial charge is 0.573 e. The van der Waals surface area contributed by atoms with Gasteiger partial charge in [0.2, 0.25) is 0 Å². The normalized spacial score (nSPS) is 10.9. The van der Waals surface area contributed by atoms with Gasteiger partial charge in [-0.15, -0.1) is 13.2 Å². The van der Waals surface area contributed by atoms with Crippen molar-refractivity contribution in [3.63, 3.8) is 0 Å². The van der Waals surface area contributed by atoms with E-state index in [1.54, 1.807) is 19.9 Å². The third kappa shape index (κ3) is 4.99. The molecule has 0 fully saturated rings. The van der Waals surface area contributed by atoms with Crippen LogP contribution in [-0.2, 0) is 22.4 Å². The van der Waals surface area contributed by atoms with Crippen molar-refractivity contribution in [2.75, 3.05) is 6.61 Å². The van der Waals surface area contributed by atoms with Gasteiger partial charge in [0.25, 0.3) is 0 Å². The zero-order valence-corrected chi connectivity index (χ0v) is 11.6. The third-order valence-electron chi connectivity index (χ3n) is 2.67. The van der Waals surface area contributed by atoms with Crippen molar-refractivity contribution in [3.05, 3.63) is 28.8 Å². The molecule has 1 aromatic rings. The predicted octanol–water partition coefficient (Wildman–Crippen LogP) is 3.12. The van der Waals surface area contributed by atoms with Crippen molar-refractivity contribution in [1.82, 2.24) is 0 Å². The molecule has 0 N–H and O–H groups in total. The van der Waals surface area contributed by atoms with Gasteiger partial charge in [0.1, 0.15) is 11.8 Å². The van der Waals surface area contributed by atoms with Crippen LogP contribution < -0.4 is 4.74 Å². The van der Waals surface area contributed by atoms with E-state index in [2.05, 4.69) is 4.74 Å². The lowest BCUT2D eigenvalue weighted by Crippen LogP contribution is -2.18. The molecular weight excluding hydrogens is 287 g/mol. The van der Waals surface area contributed by atoms with Crippen molar-refractivity contribution in [2.24, 2.45) is 0 Å². The van der Waals surface area contributed by atoms with E-state index in [1.165, 1.54) is 6.07 Å². The topological polar surface area (TPSA) is 59.3 Å². The molecule has 0 aliphatic rings. The van der Waals surface area contributed by atoms with Gasteiger partial charge in [-0.25, -0.2) is 0 Å². The summed E-state index contributed by atoms with van der Waals surface area (Å²) in [6.45, 7) is 3.59. The van der Waals surface area contributed by atoms with Crippen LogP contribution in [-0.4, -0.2) is 18.9 Å². The van der Waals surface area contributed by atoms with Crippen LogP contribution >= 0.6 is 0 Å². The Hall–Kier alpha value is -2.23. The van der Waals surface area contributed by atoms with E-state index in [0.717, 1.165) is 6.07 Å². The SMILES string of the molecule is CCOC(=O)Cc1cc(OC(F)(F)F)c(C#N)cc1CC. The second-order valence-corrected chi connectivity index (χ2v) is 4.11. The quantitative estimate of drug-likeness (QED) is 0.784. The van der Waals surface area contributed by atoms with Gasteiger partial charge in [-0.3, -0.25) is 4.79 Å².